The second-order valence-corrected chi connectivity index (χ2v) is 6.02. The highest BCUT2D eigenvalue weighted by Gasteiger charge is 1.98. The summed E-state index contributed by atoms with van der Waals surface area (Å²) < 4.78 is 8.48. The fourth-order valence-electron chi connectivity index (χ4n) is 0.176. The second kappa shape index (κ2) is 8.65. The van der Waals surface area contributed by atoms with Crippen molar-refractivity contribution in [1.82, 2.24) is 9.72 Å². The Bertz CT molecular complexity index is 103. The van der Waals surface area contributed by atoms with E-state index in [9.17, 15) is 0 Å². The van der Waals surface area contributed by atoms with Gasteiger partial charge < -0.3 is 4.52 Å². The molecule has 0 aromatic carbocycles. The van der Waals surface area contributed by atoms with Crippen molar-refractivity contribution >= 4 is 45.7 Å². The molecule has 0 rings (SSSR count). The number of hydrogen-bond acceptors (Lipinski definition) is 3. The van der Waals surface area contributed by atoms with Crippen LogP contribution in [0.2, 0.25) is 0 Å². The molecular formula is CH8ClN3OP4. The highest BCUT2D eigenvalue weighted by atomic mass is 35.7. The van der Waals surface area contributed by atoms with Crippen molar-refractivity contribution in [1.29, 1.82) is 0 Å². The minimum absolute atomic E-state index is 0.238. The summed E-state index contributed by atoms with van der Waals surface area (Å²) in [6.07, 6.45) is 0. The lowest BCUT2D eigenvalue weighted by atomic mass is 11.8. The normalized spacial score (nSPS) is 15.5. The van der Waals surface area contributed by atoms with Crippen LogP contribution in [0.4, 0.5) is 0 Å². The molecule has 0 bridgehead atoms. The molecule has 3 atom stereocenters. The average molecular weight is 237 g/mol. The van der Waals surface area contributed by atoms with E-state index in [1.165, 1.54) is 0 Å². The van der Waals surface area contributed by atoms with Crippen LogP contribution < -0.4 is 9.72 Å². The highest BCUT2D eigenvalue weighted by Crippen LogP contribution is 2.38. The predicted octanol–water partition coefficient (Wildman–Crippen LogP) is 2.62. The van der Waals surface area contributed by atoms with Gasteiger partial charge in [0, 0.05) is 7.11 Å². The number of halogens is 1. The van der Waals surface area contributed by atoms with Crippen molar-refractivity contribution in [2.45, 2.75) is 0 Å². The van der Waals surface area contributed by atoms with Crippen molar-refractivity contribution in [2.24, 2.45) is 4.52 Å². The number of nitrogens with zero attached hydrogens (tertiary/aromatic N) is 1. The Morgan fingerprint density at radius 2 is 2.60 bits per heavy atom. The van der Waals surface area contributed by atoms with Crippen LogP contribution in [-0.2, 0) is 4.52 Å². The van der Waals surface area contributed by atoms with E-state index in [0.29, 0.717) is 0 Å². The van der Waals surface area contributed by atoms with Crippen LogP contribution in [0.1, 0.15) is 0 Å². The molecule has 0 fully saturated rings. The summed E-state index contributed by atoms with van der Waals surface area (Å²) in [4.78, 5) is 5.81. The monoisotopic (exact) mass is 237 g/mol. The fourth-order valence-corrected chi connectivity index (χ4v) is 3.11. The third-order valence-electron chi connectivity index (χ3n) is 0.436. The summed E-state index contributed by atoms with van der Waals surface area (Å²) in [5.74, 6) is 0. The van der Waals surface area contributed by atoms with E-state index < -0.39 is 7.58 Å². The molecule has 0 aromatic rings. The van der Waals surface area contributed by atoms with Crippen LogP contribution in [-0.4, -0.2) is 7.11 Å². The first-order chi connectivity index (χ1) is 4.81. The van der Waals surface area contributed by atoms with E-state index in [0.717, 1.165) is 8.52 Å². The van der Waals surface area contributed by atoms with Gasteiger partial charge in [0.05, 0.1) is 17.5 Å². The Kier molecular flexibility index (Phi) is 10.0. The first-order valence-corrected chi connectivity index (χ1v) is 6.68. The number of rotatable bonds is 5. The highest BCUT2D eigenvalue weighted by molar-refractivity contribution is 7.87. The molecule has 0 saturated heterocycles. The zero-order chi connectivity index (χ0) is 7.82. The first-order valence-electron chi connectivity index (χ1n) is 2.16. The van der Waals surface area contributed by atoms with Crippen LogP contribution >= 0.6 is 45.7 Å². The van der Waals surface area contributed by atoms with Gasteiger partial charge in [0.15, 0.2) is 0 Å². The Labute approximate surface area is 72.0 Å². The van der Waals surface area contributed by atoms with Crippen molar-refractivity contribution < 1.29 is 4.52 Å². The third kappa shape index (κ3) is 7.66. The van der Waals surface area contributed by atoms with Crippen LogP contribution in [0.25, 0.3) is 0 Å². The van der Waals surface area contributed by atoms with Gasteiger partial charge in [-0.15, -0.1) is 0 Å². The maximum atomic E-state index is 5.73. The van der Waals surface area contributed by atoms with E-state index in [4.69, 9.17) is 15.8 Å². The fraction of sp³-hybridized carbons (Fsp3) is 1.00. The van der Waals surface area contributed by atoms with Gasteiger partial charge in [-0.05, 0) is 9.39 Å². The quantitative estimate of drug-likeness (QED) is 0.723. The molecule has 3 unspecified atom stereocenters. The lowest BCUT2D eigenvalue weighted by molar-refractivity contribution is 0.474. The second-order valence-electron chi connectivity index (χ2n) is 1.01. The maximum absolute atomic E-state index is 5.73. The number of nitrogens with one attached hydrogen (secondary N) is 2. The summed E-state index contributed by atoms with van der Waals surface area (Å²) in [5, 5.41) is 0. The van der Waals surface area contributed by atoms with Crippen LogP contribution in [0.5, 0.6) is 0 Å². The summed E-state index contributed by atoms with van der Waals surface area (Å²) >= 11 is 5.73. The van der Waals surface area contributed by atoms with Gasteiger partial charge in [0.2, 0.25) is 0 Å². The predicted molar refractivity (Wildman–Crippen MR) is 53.4 cm³/mol. The average Bonchev–Trinajstić information content (AvgIpc) is 1.97. The van der Waals surface area contributed by atoms with Gasteiger partial charge in [-0.2, -0.15) is 0 Å². The molecule has 2 N–H and O–H groups in total. The molecule has 60 valence electrons. The third-order valence-corrected chi connectivity index (χ3v) is 4.75. The maximum Gasteiger partial charge on any atom is 0.148 e. The van der Waals surface area contributed by atoms with Gasteiger partial charge in [-0.1, -0.05) is 11.2 Å². The molecule has 0 spiro atoms. The van der Waals surface area contributed by atoms with Gasteiger partial charge in [0.1, 0.15) is 7.58 Å². The summed E-state index contributed by atoms with van der Waals surface area (Å²) in [6, 6.07) is 0. The summed E-state index contributed by atoms with van der Waals surface area (Å²) in [6.45, 7) is 0. The minimum Gasteiger partial charge on any atom is -0.349 e. The molecule has 4 nitrogen and oxygen atoms in total. The van der Waals surface area contributed by atoms with Crippen LogP contribution in [0.3, 0.4) is 0 Å². The Balaban J connectivity index is 3.16. The molecule has 9 heteroatoms. The van der Waals surface area contributed by atoms with E-state index in [-0.39, 0.29) is 8.96 Å². The van der Waals surface area contributed by atoms with Crippen molar-refractivity contribution in [2.75, 3.05) is 7.11 Å². The topological polar surface area (TPSA) is 45.6 Å². The standard InChI is InChI=1S/CH8ClN3OP4/c1-6-9-5-10(2)4-8-3-7/h5,9H,7H2,1H3,(H,3,4). The van der Waals surface area contributed by atoms with E-state index in [2.05, 4.69) is 23.6 Å². The SMILES string of the molecule is COPNP(Cl)NP=NP. The lowest BCUT2D eigenvalue weighted by Crippen LogP contribution is -1.96. The molecule has 10 heavy (non-hydrogen) atoms. The zero-order valence-corrected chi connectivity index (χ0v) is 9.90. The summed E-state index contributed by atoms with van der Waals surface area (Å²) in [5.41, 5.74) is 0. The Hall–Kier alpha value is 1.56. The summed E-state index contributed by atoms with van der Waals surface area (Å²) in [7, 11) is 4.00. The molecule has 0 aliphatic heterocycles. The first kappa shape index (κ1) is 11.6. The van der Waals surface area contributed by atoms with Gasteiger partial charge in [-0.3, -0.25) is 0 Å². The largest absolute Gasteiger partial charge is 0.349 e. The van der Waals surface area contributed by atoms with Crippen molar-refractivity contribution in [3.8, 4) is 0 Å². The molecule has 0 heterocycles. The van der Waals surface area contributed by atoms with E-state index in [1.807, 2.05) is 0 Å². The molecule has 0 aromatic heterocycles. The Morgan fingerprint density at radius 1 is 1.90 bits per heavy atom. The molecule has 0 saturated carbocycles. The van der Waals surface area contributed by atoms with E-state index in [1.54, 1.807) is 7.11 Å². The smallest absolute Gasteiger partial charge is 0.148 e. The molecule has 0 aliphatic carbocycles. The molecule has 0 aliphatic rings. The van der Waals surface area contributed by atoms with E-state index >= 15 is 0 Å². The molecule has 0 amide bonds. The van der Waals surface area contributed by atoms with Gasteiger partial charge >= 0.3 is 0 Å². The number of hydrogen-bond donors (Lipinski definition) is 2. The van der Waals surface area contributed by atoms with Gasteiger partial charge in [-0.25, -0.2) is 14.2 Å². The lowest BCUT2D eigenvalue weighted by Gasteiger charge is -2.06. The zero-order valence-electron chi connectivity index (χ0n) is 5.21. The van der Waals surface area contributed by atoms with Crippen molar-refractivity contribution in [3.63, 3.8) is 0 Å². The van der Waals surface area contributed by atoms with Crippen molar-refractivity contribution in [3.05, 3.63) is 0 Å². The van der Waals surface area contributed by atoms with Crippen LogP contribution in [0, 0.1) is 0 Å². The van der Waals surface area contributed by atoms with Gasteiger partial charge in [0.25, 0.3) is 0 Å². The molecule has 0 radical (unpaired) electrons. The molecular weight excluding hydrogens is 229 g/mol. The minimum atomic E-state index is -0.852. The Morgan fingerprint density at radius 3 is 3.10 bits per heavy atom. The van der Waals surface area contributed by atoms with Crippen LogP contribution in [0.15, 0.2) is 4.52 Å².